The van der Waals surface area contributed by atoms with E-state index in [9.17, 15) is 4.79 Å². The standard InChI is InChI=1S/C11H23NO2/c1-4-6-7-8-14-10(13)11(3,5-2)9-12/h4-9,12H2,1-3H3. The molecule has 0 aromatic rings. The van der Waals surface area contributed by atoms with E-state index in [2.05, 4.69) is 6.92 Å². The molecule has 0 fully saturated rings. The largest absolute Gasteiger partial charge is 0.465 e. The summed E-state index contributed by atoms with van der Waals surface area (Å²) in [6.07, 6.45) is 3.93. The van der Waals surface area contributed by atoms with E-state index >= 15 is 0 Å². The van der Waals surface area contributed by atoms with Gasteiger partial charge in [-0.2, -0.15) is 0 Å². The van der Waals surface area contributed by atoms with Gasteiger partial charge in [0.15, 0.2) is 0 Å². The van der Waals surface area contributed by atoms with Crippen LogP contribution in [0.1, 0.15) is 46.5 Å². The van der Waals surface area contributed by atoms with Crippen molar-refractivity contribution in [2.24, 2.45) is 11.1 Å². The molecule has 0 radical (unpaired) electrons. The summed E-state index contributed by atoms with van der Waals surface area (Å²) in [5.41, 5.74) is 5.05. The van der Waals surface area contributed by atoms with Gasteiger partial charge in [-0.3, -0.25) is 4.79 Å². The molecule has 0 saturated heterocycles. The van der Waals surface area contributed by atoms with Crippen LogP contribution in [0.3, 0.4) is 0 Å². The van der Waals surface area contributed by atoms with Crippen molar-refractivity contribution < 1.29 is 9.53 Å². The predicted octanol–water partition coefficient (Wildman–Crippen LogP) is 2.09. The Bertz CT molecular complexity index is 165. The molecule has 3 nitrogen and oxygen atoms in total. The van der Waals surface area contributed by atoms with Crippen molar-refractivity contribution in [2.45, 2.75) is 46.5 Å². The van der Waals surface area contributed by atoms with E-state index in [-0.39, 0.29) is 5.97 Å². The van der Waals surface area contributed by atoms with Gasteiger partial charge in [0.25, 0.3) is 0 Å². The predicted molar refractivity (Wildman–Crippen MR) is 57.9 cm³/mol. The molecular weight excluding hydrogens is 178 g/mol. The Kier molecular flexibility index (Phi) is 6.54. The molecule has 0 aromatic heterocycles. The molecule has 0 amide bonds. The smallest absolute Gasteiger partial charge is 0.313 e. The van der Waals surface area contributed by atoms with Crippen LogP contribution < -0.4 is 5.73 Å². The van der Waals surface area contributed by atoms with Gasteiger partial charge in [-0.05, 0) is 19.8 Å². The summed E-state index contributed by atoms with van der Waals surface area (Å²) in [6, 6.07) is 0. The molecule has 14 heavy (non-hydrogen) atoms. The zero-order valence-electron chi connectivity index (χ0n) is 9.64. The lowest BCUT2D eigenvalue weighted by molar-refractivity contribution is -0.154. The average Bonchev–Trinajstić information content (AvgIpc) is 2.22. The summed E-state index contributed by atoms with van der Waals surface area (Å²) in [5, 5.41) is 0. The van der Waals surface area contributed by atoms with Gasteiger partial charge >= 0.3 is 5.97 Å². The Hall–Kier alpha value is -0.570. The minimum Gasteiger partial charge on any atom is -0.465 e. The van der Waals surface area contributed by atoms with Gasteiger partial charge in [-0.25, -0.2) is 0 Å². The number of hydrogen-bond donors (Lipinski definition) is 1. The number of carbonyl (C=O) groups is 1. The van der Waals surface area contributed by atoms with Crippen LogP contribution in [0.4, 0.5) is 0 Å². The SMILES string of the molecule is CCCCCOC(=O)C(C)(CC)CN. The first-order valence-electron chi connectivity index (χ1n) is 5.48. The quantitative estimate of drug-likeness (QED) is 0.507. The van der Waals surface area contributed by atoms with Gasteiger partial charge in [-0.15, -0.1) is 0 Å². The second kappa shape index (κ2) is 6.82. The van der Waals surface area contributed by atoms with Crippen molar-refractivity contribution in [3.8, 4) is 0 Å². The summed E-state index contributed by atoms with van der Waals surface area (Å²) < 4.78 is 5.17. The number of nitrogens with two attached hydrogens (primary N) is 1. The lowest BCUT2D eigenvalue weighted by Gasteiger charge is -2.23. The second-order valence-corrected chi connectivity index (χ2v) is 3.96. The van der Waals surface area contributed by atoms with Gasteiger partial charge in [0, 0.05) is 6.54 Å². The third kappa shape index (κ3) is 4.09. The normalized spacial score (nSPS) is 14.9. The van der Waals surface area contributed by atoms with Crippen molar-refractivity contribution >= 4 is 5.97 Å². The molecule has 0 spiro atoms. The molecule has 0 saturated carbocycles. The van der Waals surface area contributed by atoms with Gasteiger partial charge in [0.2, 0.25) is 0 Å². The number of unbranched alkanes of at least 4 members (excludes halogenated alkanes) is 2. The first-order chi connectivity index (χ1) is 6.60. The topological polar surface area (TPSA) is 52.3 Å². The Balaban J connectivity index is 3.82. The zero-order valence-corrected chi connectivity index (χ0v) is 9.64. The van der Waals surface area contributed by atoms with E-state index in [0.717, 1.165) is 25.7 Å². The van der Waals surface area contributed by atoms with Crippen molar-refractivity contribution in [1.82, 2.24) is 0 Å². The minimum absolute atomic E-state index is 0.154. The van der Waals surface area contributed by atoms with Crippen LogP contribution >= 0.6 is 0 Å². The lowest BCUT2D eigenvalue weighted by Crippen LogP contribution is -2.36. The second-order valence-electron chi connectivity index (χ2n) is 3.96. The maximum Gasteiger partial charge on any atom is 0.313 e. The van der Waals surface area contributed by atoms with E-state index in [4.69, 9.17) is 10.5 Å². The highest BCUT2D eigenvalue weighted by Crippen LogP contribution is 2.21. The molecular formula is C11H23NO2. The van der Waals surface area contributed by atoms with Gasteiger partial charge in [-0.1, -0.05) is 26.7 Å². The number of ether oxygens (including phenoxy) is 1. The zero-order chi connectivity index (χ0) is 11.0. The van der Waals surface area contributed by atoms with E-state index < -0.39 is 5.41 Å². The molecule has 3 heteroatoms. The van der Waals surface area contributed by atoms with E-state index in [1.165, 1.54) is 0 Å². The van der Waals surface area contributed by atoms with Crippen molar-refractivity contribution in [2.75, 3.05) is 13.2 Å². The summed E-state index contributed by atoms with van der Waals surface area (Å²) in [7, 11) is 0. The van der Waals surface area contributed by atoms with E-state index in [1.54, 1.807) is 0 Å². The van der Waals surface area contributed by atoms with E-state index in [1.807, 2.05) is 13.8 Å². The molecule has 0 aliphatic rings. The lowest BCUT2D eigenvalue weighted by atomic mass is 9.88. The van der Waals surface area contributed by atoms with Crippen molar-refractivity contribution in [3.05, 3.63) is 0 Å². The van der Waals surface area contributed by atoms with Crippen molar-refractivity contribution in [3.63, 3.8) is 0 Å². The minimum atomic E-state index is -0.494. The van der Waals surface area contributed by atoms with E-state index in [0.29, 0.717) is 13.2 Å². The highest BCUT2D eigenvalue weighted by Gasteiger charge is 2.31. The van der Waals surface area contributed by atoms with Crippen LogP contribution in [-0.2, 0) is 9.53 Å². The van der Waals surface area contributed by atoms with Crippen LogP contribution in [0.25, 0.3) is 0 Å². The van der Waals surface area contributed by atoms with Crippen LogP contribution in [0.5, 0.6) is 0 Å². The maximum atomic E-state index is 11.6. The summed E-state index contributed by atoms with van der Waals surface area (Å²) >= 11 is 0. The Morgan fingerprint density at radius 3 is 2.43 bits per heavy atom. The molecule has 84 valence electrons. The highest BCUT2D eigenvalue weighted by molar-refractivity contribution is 5.76. The number of rotatable bonds is 7. The van der Waals surface area contributed by atoms with Crippen LogP contribution in [0.15, 0.2) is 0 Å². The molecule has 0 rings (SSSR count). The summed E-state index contributed by atoms with van der Waals surface area (Å²) in [5.74, 6) is -0.154. The first-order valence-corrected chi connectivity index (χ1v) is 5.48. The molecule has 0 aromatic carbocycles. The number of carbonyl (C=O) groups excluding carboxylic acids is 1. The average molecular weight is 201 g/mol. The molecule has 0 bridgehead atoms. The van der Waals surface area contributed by atoms with Gasteiger partial charge in [0.05, 0.1) is 12.0 Å². The van der Waals surface area contributed by atoms with Gasteiger partial charge in [0.1, 0.15) is 0 Å². The number of esters is 1. The third-order valence-corrected chi connectivity index (χ3v) is 2.70. The fraction of sp³-hybridized carbons (Fsp3) is 0.909. The fourth-order valence-corrected chi connectivity index (χ4v) is 1.06. The fourth-order valence-electron chi connectivity index (χ4n) is 1.06. The first kappa shape index (κ1) is 13.4. The van der Waals surface area contributed by atoms with Crippen molar-refractivity contribution in [1.29, 1.82) is 0 Å². The molecule has 1 unspecified atom stereocenters. The molecule has 1 atom stereocenters. The van der Waals surface area contributed by atoms with Crippen LogP contribution in [0, 0.1) is 5.41 Å². The molecule has 2 N–H and O–H groups in total. The highest BCUT2D eigenvalue weighted by atomic mass is 16.5. The Morgan fingerprint density at radius 2 is 2.00 bits per heavy atom. The Labute approximate surface area is 87.0 Å². The molecule has 0 aliphatic carbocycles. The van der Waals surface area contributed by atoms with Crippen LogP contribution in [0.2, 0.25) is 0 Å². The third-order valence-electron chi connectivity index (χ3n) is 2.70. The summed E-state index contributed by atoms with van der Waals surface area (Å²) in [6.45, 7) is 6.82. The number of hydrogen-bond acceptors (Lipinski definition) is 3. The monoisotopic (exact) mass is 201 g/mol. The Morgan fingerprint density at radius 1 is 1.36 bits per heavy atom. The van der Waals surface area contributed by atoms with Crippen LogP contribution in [-0.4, -0.2) is 19.1 Å². The molecule has 0 heterocycles. The summed E-state index contributed by atoms with van der Waals surface area (Å²) in [4.78, 5) is 11.6. The maximum absolute atomic E-state index is 11.6. The molecule has 0 aliphatic heterocycles. The van der Waals surface area contributed by atoms with Gasteiger partial charge < -0.3 is 10.5 Å².